The predicted octanol–water partition coefficient (Wildman–Crippen LogP) is 3.41. The Labute approximate surface area is 135 Å². The van der Waals surface area contributed by atoms with E-state index in [0.29, 0.717) is 12.5 Å². The number of thioether (sulfide) groups is 1. The van der Waals surface area contributed by atoms with E-state index in [1.165, 1.54) is 29.1 Å². The molecule has 1 N–H and O–H groups in total. The monoisotopic (exact) mass is 318 g/mol. The average Bonchev–Trinajstić information content (AvgIpc) is 2.84. The Morgan fingerprint density at radius 3 is 2.45 bits per heavy atom. The molecule has 0 unspecified atom stereocenters. The molecule has 0 radical (unpaired) electrons. The molecule has 1 saturated carbocycles. The number of imide groups is 1. The highest BCUT2D eigenvalue weighted by molar-refractivity contribution is 7.98. The Kier molecular flexibility index (Phi) is 4.71. The molecule has 2 aliphatic rings. The zero-order valence-corrected chi connectivity index (χ0v) is 13.7. The second kappa shape index (κ2) is 6.73. The lowest BCUT2D eigenvalue weighted by Gasteiger charge is -2.25. The van der Waals surface area contributed by atoms with E-state index in [4.69, 9.17) is 0 Å². The maximum absolute atomic E-state index is 12.6. The lowest BCUT2D eigenvalue weighted by molar-refractivity contribution is -0.129. The molecule has 1 saturated heterocycles. The first-order valence-electron chi connectivity index (χ1n) is 7.94. The number of carbonyl (C=O) groups is 2. The molecule has 5 heteroatoms. The van der Waals surface area contributed by atoms with Crippen molar-refractivity contribution in [3.8, 4) is 0 Å². The third-order valence-electron chi connectivity index (χ3n) is 4.68. The van der Waals surface area contributed by atoms with E-state index in [2.05, 4.69) is 5.32 Å². The van der Waals surface area contributed by atoms with Crippen LogP contribution in [0.2, 0.25) is 0 Å². The lowest BCUT2D eigenvalue weighted by Crippen LogP contribution is -2.38. The van der Waals surface area contributed by atoms with Crippen LogP contribution >= 0.6 is 11.8 Å². The Bertz CT molecular complexity index is 552. The van der Waals surface area contributed by atoms with Crippen molar-refractivity contribution in [2.24, 2.45) is 5.92 Å². The van der Waals surface area contributed by atoms with Crippen LogP contribution in [0.5, 0.6) is 0 Å². The zero-order chi connectivity index (χ0) is 15.5. The Balaban J connectivity index is 1.68. The standard InChI is InChI=1S/C17H22N2O2S/c1-22-14-9-7-12(8-10-14)11-19-16(20)15(18-17(19)21)13-5-3-2-4-6-13/h7-10,13,15H,2-6,11H2,1H3,(H,18,21)/t15-/m1/s1. The fourth-order valence-electron chi connectivity index (χ4n) is 3.39. The van der Waals surface area contributed by atoms with E-state index in [1.807, 2.05) is 30.5 Å². The Morgan fingerprint density at radius 2 is 1.82 bits per heavy atom. The van der Waals surface area contributed by atoms with Gasteiger partial charge >= 0.3 is 6.03 Å². The van der Waals surface area contributed by atoms with Crippen LogP contribution in [0, 0.1) is 5.92 Å². The van der Waals surface area contributed by atoms with Crippen molar-refractivity contribution in [1.29, 1.82) is 0 Å². The molecular weight excluding hydrogens is 296 g/mol. The van der Waals surface area contributed by atoms with Gasteiger partial charge in [-0.3, -0.25) is 9.69 Å². The topological polar surface area (TPSA) is 49.4 Å². The van der Waals surface area contributed by atoms with Crippen LogP contribution in [0.3, 0.4) is 0 Å². The summed E-state index contributed by atoms with van der Waals surface area (Å²) in [6, 6.07) is 7.47. The second-order valence-electron chi connectivity index (χ2n) is 6.10. The minimum atomic E-state index is -0.307. The normalized spacial score (nSPS) is 23.0. The molecule has 1 aromatic carbocycles. The van der Waals surface area contributed by atoms with Crippen molar-refractivity contribution in [3.63, 3.8) is 0 Å². The summed E-state index contributed by atoms with van der Waals surface area (Å²) in [5, 5.41) is 2.90. The van der Waals surface area contributed by atoms with Gasteiger partial charge in [-0.05, 0) is 42.7 Å². The summed E-state index contributed by atoms with van der Waals surface area (Å²) in [5.41, 5.74) is 0.991. The van der Waals surface area contributed by atoms with E-state index < -0.39 is 0 Å². The zero-order valence-electron chi connectivity index (χ0n) is 12.9. The van der Waals surface area contributed by atoms with E-state index in [1.54, 1.807) is 11.8 Å². The van der Waals surface area contributed by atoms with Crippen molar-refractivity contribution < 1.29 is 9.59 Å². The van der Waals surface area contributed by atoms with Gasteiger partial charge in [0.25, 0.3) is 5.91 Å². The minimum Gasteiger partial charge on any atom is -0.326 e. The molecule has 3 amide bonds. The van der Waals surface area contributed by atoms with Gasteiger partial charge in [0.05, 0.1) is 6.54 Å². The molecule has 1 atom stereocenters. The first kappa shape index (κ1) is 15.4. The lowest BCUT2D eigenvalue weighted by atomic mass is 9.84. The second-order valence-corrected chi connectivity index (χ2v) is 6.98. The third kappa shape index (κ3) is 3.14. The number of urea groups is 1. The number of carbonyl (C=O) groups excluding carboxylic acids is 2. The number of amides is 3. The van der Waals surface area contributed by atoms with Crippen molar-refractivity contribution in [1.82, 2.24) is 10.2 Å². The van der Waals surface area contributed by atoms with Gasteiger partial charge in [0.15, 0.2) is 0 Å². The Morgan fingerprint density at radius 1 is 1.14 bits per heavy atom. The molecule has 3 rings (SSSR count). The number of nitrogens with zero attached hydrogens (tertiary/aromatic N) is 1. The largest absolute Gasteiger partial charge is 0.326 e. The fraction of sp³-hybridized carbons (Fsp3) is 0.529. The van der Waals surface area contributed by atoms with E-state index >= 15 is 0 Å². The summed E-state index contributed by atoms with van der Waals surface area (Å²) < 4.78 is 0. The summed E-state index contributed by atoms with van der Waals surface area (Å²) in [7, 11) is 0. The fourth-order valence-corrected chi connectivity index (χ4v) is 3.80. The first-order valence-corrected chi connectivity index (χ1v) is 9.16. The van der Waals surface area contributed by atoms with Gasteiger partial charge in [-0.25, -0.2) is 4.79 Å². The molecule has 22 heavy (non-hydrogen) atoms. The van der Waals surface area contributed by atoms with Crippen molar-refractivity contribution in [2.45, 2.75) is 49.6 Å². The maximum atomic E-state index is 12.6. The molecule has 1 aromatic rings. The van der Waals surface area contributed by atoms with Crippen LogP contribution in [0.25, 0.3) is 0 Å². The number of benzene rings is 1. The number of rotatable bonds is 4. The van der Waals surface area contributed by atoms with Gasteiger partial charge in [-0.15, -0.1) is 11.8 Å². The van der Waals surface area contributed by atoms with Gasteiger partial charge in [-0.1, -0.05) is 31.4 Å². The van der Waals surface area contributed by atoms with E-state index in [9.17, 15) is 9.59 Å². The summed E-state index contributed by atoms with van der Waals surface area (Å²) in [6.07, 6.45) is 7.71. The Hall–Kier alpha value is -1.49. The number of nitrogens with one attached hydrogen (secondary N) is 1. The van der Waals surface area contributed by atoms with Crippen LogP contribution in [-0.2, 0) is 11.3 Å². The molecule has 2 fully saturated rings. The molecule has 118 valence electrons. The molecule has 1 heterocycles. The highest BCUT2D eigenvalue weighted by Gasteiger charge is 2.42. The average molecular weight is 318 g/mol. The van der Waals surface area contributed by atoms with Gasteiger partial charge in [0.2, 0.25) is 0 Å². The molecule has 1 aliphatic heterocycles. The van der Waals surface area contributed by atoms with Crippen molar-refractivity contribution in [2.75, 3.05) is 6.26 Å². The highest BCUT2D eigenvalue weighted by atomic mass is 32.2. The van der Waals surface area contributed by atoms with Gasteiger partial charge in [-0.2, -0.15) is 0 Å². The SMILES string of the molecule is CSc1ccc(CN2C(=O)N[C@H](C3CCCCC3)C2=O)cc1. The highest BCUT2D eigenvalue weighted by Crippen LogP contribution is 2.29. The summed E-state index contributed by atoms with van der Waals surface area (Å²) >= 11 is 1.68. The van der Waals surface area contributed by atoms with Crippen LogP contribution < -0.4 is 5.32 Å². The van der Waals surface area contributed by atoms with Gasteiger partial charge < -0.3 is 5.32 Å². The number of hydrogen-bond acceptors (Lipinski definition) is 3. The van der Waals surface area contributed by atoms with E-state index in [0.717, 1.165) is 18.4 Å². The quantitative estimate of drug-likeness (QED) is 0.683. The molecule has 0 spiro atoms. The van der Waals surface area contributed by atoms with Crippen molar-refractivity contribution >= 4 is 23.7 Å². The molecule has 1 aliphatic carbocycles. The smallest absolute Gasteiger partial charge is 0.325 e. The van der Waals surface area contributed by atoms with Crippen molar-refractivity contribution in [3.05, 3.63) is 29.8 Å². The minimum absolute atomic E-state index is 0.0501. The molecule has 0 aromatic heterocycles. The van der Waals surface area contributed by atoms with Crippen LogP contribution in [0.4, 0.5) is 4.79 Å². The predicted molar refractivity (Wildman–Crippen MR) is 87.7 cm³/mol. The third-order valence-corrected chi connectivity index (χ3v) is 5.42. The first-order chi connectivity index (χ1) is 10.7. The maximum Gasteiger partial charge on any atom is 0.325 e. The molecule has 4 nitrogen and oxygen atoms in total. The molecular formula is C17H22N2O2S. The number of hydrogen-bond donors (Lipinski definition) is 1. The summed E-state index contributed by atoms with van der Waals surface area (Å²) in [5.74, 6) is 0.264. The van der Waals surface area contributed by atoms with Crippen LogP contribution in [0.1, 0.15) is 37.7 Å². The van der Waals surface area contributed by atoms with E-state index in [-0.39, 0.29) is 18.0 Å². The van der Waals surface area contributed by atoms with Crippen LogP contribution in [0.15, 0.2) is 29.2 Å². The molecule has 0 bridgehead atoms. The van der Waals surface area contributed by atoms with Crippen LogP contribution in [-0.4, -0.2) is 29.1 Å². The van der Waals surface area contributed by atoms with Gasteiger partial charge in [0, 0.05) is 4.90 Å². The summed E-state index contributed by atoms with van der Waals surface area (Å²) in [6.45, 7) is 0.364. The van der Waals surface area contributed by atoms with Gasteiger partial charge in [0.1, 0.15) is 6.04 Å². The summed E-state index contributed by atoms with van der Waals surface area (Å²) in [4.78, 5) is 27.3.